The van der Waals surface area contributed by atoms with E-state index >= 15 is 0 Å². The molecule has 0 spiro atoms. The average molecular weight is 471 g/mol. The predicted octanol–water partition coefficient (Wildman–Crippen LogP) is 4.17. The number of rotatable bonds is 8. The molecule has 31 heavy (non-hydrogen) atoms. The molecular formula is C21H18N4O3S3. The smallest absolute Gasteiger partial charge is 0.271 e. The first-order chi connectivity index (χ1) is 15.0. The Bertz CT molecular complexity index is 1250. The number of carbonyl (C=O) groups excluding carboxylic acids is 1. The van der Waals surface area contributed by atoms with Gasteiger partial charge in [-0.3, -0.25) is 9.52 Å². The van der Waals surface area contributed by atoms with E-state index < -0.39 is 10.0 Å². The molecule has 10 heteroatoms. The van der Waals surface area contributed by atoms with Gasteiger partial charge in [0, 0.05) is 12.1 Å². The molecular weight excluding hydrogens is 452 g/mol. The van der Waals surface area contributed by atoms with Gasteiger partial charge in [-0.25, -0.2) is 8.42 Å². The van der Waals surface area contributed by atoms with Crippen LogP contribution in [0.2, 0.25) is 0 Å². The second kappa shape index (κ2) is 9.38. The molecule has 158 valence electrons. The number of hydrogen-bond donors (Lipinski definition) is 2. The first-order valence-corrected chi connectivity index (χ1v) is 12.5. The SMILES string of the molecule is O=C(Cc1ccc(NS(=O)(=O)c2cccs2)cc1)Nc1nnc(Cc2ccccc2)s1. The Morgan fingerprint density at radius 3 is 2.39 bits per heavy atom. The van der Waals surface area contributed by atoms with Gasteiger partial charge < -0.3 is 5.32 Å². The molecule has 2 heterocycles. The molecule has 0 saturated heterocycles. The summed E-state index contributed by atoms with van der Waals surface area (Å²) in [6, 6.07) is 19.9. The van der Waals surface area contributed by atoms with Gasteiger partial charge in [0.1, 0.15) is 9.22 Å². The van der Waals surface area contributed by atoms with Gasteiger partial charge in [-0.15, -0.1) is 21.5 Å². The summed E-state index contributed by atoms with van der Waals surface area (Å²) in [5.74, 6) is -0.214. The standard InChI is InChI=1S/C21H18N4O3S3/c26-18(22-21-24-23-19(30-21)14-15-5-2-1-3-6-15)13-16-8-10-17(11-9-16)25-31(27,28)20-7-4-12-29-20/h1-12,25H,13-14H2,(H,22,24,26). The van der Waals surface area contributed by atoms with E-state index in [0.29, 0.717) is 17.2 Å². The fraction of sp³-hybridized carbons (Fsp3) is 0.0952. The van der Waals surface area contributed by atoms with Crippen molar-refractivity contribution in [2.24, 2.45) is 0 Å². The maximum Gasteiger partial charge on any atom is 0.271 e. The largest absolute Gasteiger partial charge is 0.300 e. The third kappa shape index (κ3) is 5.75. The monoisotopic (exact) mass is 470 g/mol. The van der Waals surface area contributed by atoms with Gasteiger partial charge in [0.05, 0.1) is 6.42 Å². The van der Waals surface area contributed by atoms with E-state index in [-0.39, 0.29) is 16.5 Å². The molecule has 0 aliphatic rings. The summed E-state index contributed by atoms with van der Waals surface area (Å²) in [5, 5.41) is 13.9. The van der Waals surface area contributed by atoms with Crippen LogP contribution < -0.4 is 10.0 Å². The van der Waals surface area contributed by atoms with Crippen LogP contribution >= 0.6 is 22.7 Å². The number of thiophene rings is 1. The quantitative estimate of drug-likeness (QED) is 0.402. The lowest BCUT2D eigenvalue weighted by molar-refractivity contribution is -0.115. The fourth-order valence-electron chi connectivity index (χ4n) is 2.81. The number of sulfonamides is 1. The average Bonchev–Trinajstić information content (AvgIpc) is 3.43. The molecule has 0 radical (unpaired) electrons. The molecule has 0 atom stereocenters. The van der Waals surface area contributed by atoms with Crippen LogP contribution in [0.1, 0.15) is 16.1 Å². The molecule has 7 nitrogen and oxygen atoms in total. The number of carbonyl (C=O) groups is 1. The van der Waals surface area contributed by atoms with Crippen molar-refractivity contribution in [3.05, 3.63) is 88.2 Å². The number of amides is 1. The Kier molecular flexibility index (Phi) is 6.40. The maximum absolute atomic E-state index is 12.3. The maximum atomic E-state index is 12.3. The number of nitrogens with zero attached hydrogens (tertiary/aromatic N) is 2. The molecule has 2 aromatic carbocycles. The first-order valence-electron chi connectivity index (χ1n) is 9.29. The zero-order chi connectivity index (χ0) is 21.7. The zero-order valence-electron chi connectivity index (χ0n) is 16.2. The van der Waals surface area contributed by atoms with Crippen LogP contribution in [0.4, 0.5) is 10.8 Å². The molecule has 4 rings (SSSR count). The van der Waals surface area contributed by atoms with Crippen molar-refractivity contribution in [3.8, 4) is 0 Å². The third-order valence-electron chi connectivity index (χ3n) is 4.24. The summed E-state index contributed by atoms with van der Waals surface area (Å²) in [5.41, 5.74) is 2.32. The van der Waals surface area contributed by atoms with Crippen LogP contribution in [-0.2, 0) is 27.7 Å². The van der Waals surface area contributed by atoms with Gasteiger partial charge in [0.2, 0.25) is 11.0 Å². The third-order valence-corrected chi connectivity index (χ3v) is 7.86. The van der Waals surface area contributed by atoms with Crippen molar-refractivity contribution in [3.63, 3.8) is 0 Å². The van der Waals surface area contributed by atoms with Crippen LogP contribution in [0, 0.1) is 0 Å². The highest BCUT2D eigenvalue weighted by atomic mass is 32.2. The van der Waals surface area contributed by atoms with E-state index in [0.717, 1.165) is 27.5 Å². The minimum Gasteiger partial charge on any atom is -0.300 e. The van der Waals surface area contributed by atoms with Crippen molar-refractivity contribution in [2.75, 3.05) is 10.0 Å². The Morgan fingerprint density at radius 1 is 0.903 bits per heavy atom. The molecule has 2 N–H and O–H groups in total. The van der Waals surface area contributed by atoms with E-state index in [2.05, 4.69) is 20.2 Å². The summed E-state index contributed by atoms with van der Waals surface area (Å²) in [7, 11) is -3.59. The molecule has 0 saturated carbocycles. The summed E-state index contributed by atoms with van der Waals surface area (Å²) in [4.78, 5) is 12.3. The van der Waals surface area contributed by atoms with Crippen LogP contribution in [0.25, 0.3) is 0 Å². The summed E-state index contributed by atoms with van der Waals surface area (Å²) in [6.07, 6.45) is 0.808. The van der Waals surface area contributed by atoms with Gasteiger partial charge in [0.25, 0.3) is 10.0 Å². The molecule has 1 amide bonds. The van der Waals surface area contributed by atoms with Crippen LogP contribution in [-0.4, -0.2) is 24.5 Å². The molecule has 0 aliphatic carbocycles. The highest BCUT2D eigenvalue weighted by molar-refractivity contribution is 7.94. The molecule has 2 aromatic heterocycles. The minimum atomic E-state index is -3.59. The van der Waals surface area contributed by atoms with Crippen molar-refractivity contribution >= 4 is 49.4 Å². The Hall–Kier alpha value is -3.08. The van der Waals surface area contributed by atoms with E-state index in [1.54, 1.807) is 41.8 Å². The lowest BCUT2D eigenvalue weighted by Gasteiger charge is -2.07. The normalized spacial score (nSPS) is 11.2. The Morgan fingerprint density at radius 2 is 1.68 bits per heavy atom. The van der Waals surface area contributed by atoms with Gasteiger partial charge in [0.15, 0.2) is 0 Å². The number of hydrogen-bond acceptors (Lipinski definition) is 7. The predicted molar refractivity (Wildman–Crippen MR) is 123 cm³/mol. The molecule has 4 aromatic rings. The summed E-state index contributed by atoms with van der Waals surface area (Å²) in [6.45, 7) is 0. The van der Waals surface area contributed by atoms with Crippen LogP contribution in [0.3, 0.4) is 0 Å². The van der Waals surface area contributed by atoms with E-state index in [1.807, 2.05) is 30.3 Å². The van der Waals surface area contributed by atoms with Crippen LogP contribution in [0.15, 0.2) is 76.3 Å². The zero-order valence-corrected chi connectivity index (χ0v) is 18.6. The fourth-order valence-corrected chi connectivity index (χ4v) is 5.65. The number of anilines is 2. The lowest BCUT2D eigenvalue weighted by atomic mass is 10.1. The van der Waals surface area contributed by atoms with Crippen molar-refractivity contribution in [2.45, 2.75) is 17.1 Å². The van der Waals surface area contributed by atoms with E-state index in [1.165, 1.54) is 11.3 Å². The molecule has 0 unspecified atom stereocenters. The topological polar surface area (TPSA) is 101 Å². The van der Waals surface area contributed by atoms with E-state index in [9.17, 15) is 13.2 Å². The second-order valence-corrected chi connectivity index (χ2v) is 10.5. The number of nitrogens with one attached hydrogen (secondary N) is 2. The Labute approximate surface area is 187 Å². The number of aromatic nitrogens is 2. The van der Waals surface area contributed by atoms with Gasteiger partial charge in [-0.1, -0.05) is 59.9 Å². The first kappa shape index (κ1) is 21.2. The highest BCUT2D eigenvalue weighted by Gasteiger charge is 2.15. The van der Waals surface area contributed by atoms with Gasteiger partial charge >= 0.3 is 0 Å². The van der Waals surface area contributed by atoms with Crippen molar-refractivity contribution < 1.29 is 13.2 Å². The molecule has 0 fully saturated rings. The van der Waals surface area contributed by atoms with Gasteiger partial charge in [-0.2, -0.15) is 0 Å². The van der Waals surface area contributed by atoms with Crippen molar-refractivity contribution in [1.82, 2.24) is 10.2 Å². The van der Waals surface area contributed by atoms with Crippen LogP contribution in [0.5, 0.6) is 0 Å². The molecule has 0 bridgehead atoms. The highest BCUT2D eigenvalue weighted by Crippen LogP contribution is 2.21. The van der Waals surface area contributed by atoms with Crippen molar-refractivity contribution in [1.29, 1.82) is 0 Å². The summed E-state index contributed by atoms with van der Waals surface area (Å²) >= 11 is 2.49. The Balaban J connectivity index is 1.32. The molecule has 0 aliphatic heterocycles. The van der Waals surface area contributed by atoms with E-state index in [4.69, 9.17) is 0 Å². The lowest BCUT2D eigenvalue weighted by Crippen LogP contribution is -2.14. The van der Waals surface area contributed by atoms with Gasteiger partial charge in [-0.05, 0) is 34.7 Å². The number of benzene rings is 2. The minimum absolute atomic E-state index is 0.144. The second-order valence-electron chi connectivity index (χ2n) is 6.62. The summed E-state index contributed by atoms with van der Waals surface area (Å²) < 4.78 is 27.3.